The molecule has 0 saturated carbocycles. The summed E-state index contributed by atoms with van der Waals surface area (Å²) in [6.07, 6.45) is 0.225. The zero-order chi connectivity index (χ0) is 21.5. The fraction of sp³-hybridized carbons (Fsp3) is 0.238. The Morgan fingerprint density at radius 2 is 1.80 bits per heavy atom. The number of hydrogen-bond acceptors (Lipinski definition) is 4. The lowest BCUT2D eigenvalue weighted by Crippen LogP contribution is -2.48. The minimum Gasteiger partial charge on any atom is -0.323 e. The lowest BCUT2D eigenvalue weighted by atomic mass is 9.87. The zero-order valence-electron chi connectivity index (χ0n) is 16.1. The molecule has 5 amide bonds. The van der Waals surface area contributed by atoms with Gasteiger partial charge >= 0.3 is 6.03 Å². The molecule has 0 radical (unpaired) electrons. The lowest BCUT2D eigenvalue weighted by molar-refractivity contribution is -0.134. The van der Waals surface area contributed by atoms with E-state index in [1.54, 1.807) is 31.2 Å². The topological polar surface area (TPSA) is 98.8 Å². The summed E-state index contributed by atoms with van der Waals surface area (Å²) >= 11 is 0. The number of carbonyl (C=O) groups excluding carboxylic acids is 4. The van der Waals surface area contributed by atoms with Crippen molar-refractivity contribution < 1.29 is 23.6 Å². The van der Waals surface area contributed by atoms with Gasteiger partial charge in [-0.25, -0.2) is 9.18 Å². The molecule has 2 aromatic rings. The number of rotatable bonds is 4. The summed E-state index contributed by atoms with van der Waals surface area (Å²) in [5, 5.41) is 5.33. The Kier molecular flexibility index (Phi) is 4.73. The highest BCUT2D eigenvalue weighted by molar-refractivity contribution is 6.14. The highest BCUT2D eigenvalue weighted by Crippen LogP contribution is 2.33. The predicted octanol–water partition coefficient (Wildman–Crippen LogP) is 1.97. The summed E-state index contributed by atoms with van der Waals surface area (Å²) in [5.41, 5.74) is 0.0350. The molecule has 2 aromatic carbocycles. The van der Waals surface area contributed by atoms with Gasteiger partial charge < -0.3 is 10.6 Å². The van der Waals surface area contributed by atoms with Gasteiger partial charge in [0.25, 0.3) is 5.91 Å². The van der Waals surface area contributed by atoms with Gasteiger partial charge in [0, 0.05) is 0 Å². The van der Waals surface area contributed by atoms with E-state index in [0.29, 0.717) is 16.9 Å². The normalized spacial score (nSPS) is 20.7. The van der Waals surface area contributed by atoms with Gasteiger partial charge in [-0.3, -0.25) is 24.2 Å². The van der Waals surface area contributed by atoms with Crippen LogP contribution in [0.5, 0.6) is 0 Å². The van der Waals surface area contributed by atoms with Crippen molar-refractivity contribution in [2.24, 2.45) is 0 Å². The number of hydrogen-bond donors (Lipinski definition) is 2. The summed E-state index contributed by atoms with van der Waals surface area (Å²) in [5.74, 6) is -1.99. The number of fused-ring (bicyclic) bond motifs is 1. The number of carbonyl (C=O) groups is 4. The first-order chi connectivity index (χ1) is 14.4. The van der Waals surface area contributed by atoms with Crippen molar-refractivity contribution in [3.8, 4) is 0 Å². The molecule has 2 N–H and O–H groups in total. The minimum absolute atomic E-state index is 0.212. The van der Waals surface area contributed by atoms with Gasteiger partial charge in [0.1, 0.15) is 24.4 Å². The fourth-order valence-electron chi connectivity index (χ4n) is 3.82. The Bertz CT molecular complexity index is 1060. The largest absolute Gasteiger partial charge is 0.325 e. The van der Waals surface area contributed by atoms with E-state index in [2.05, 4.69) is 10.6 Å². The highest BCUT2D eigenvalue weighted by atomic mass is 19.1. The van der Waals surface area contributed by atoms with Gasteiger partial charge in [-0.1, -0.05) is 31.2 Å². The van der Waals surface area contributed by atoms with E-state index in [4.69, 9.17) is 0 Å². The molecular formula is C21H19FN4O4. The second kappa shape index (κ2) is 7.25. The Hall–Kier alpha value is -3.75. The van der Waals surface area contributed by atoms with E-state index in [-0.39, 0.29) is 18.9 Å². The third-order valence-corrected chi connectivity index (χ3v) is 5.41. The standard InChI is InChI=1S/C21H19FN4O4/c1-2-21(13-7-9-14(22)10-8-13)19(29)26(20(30)24-21)12-18(28)25-11-17(27)23-15-5-3-4-6-16(15)25/h3-10H,2,11-12H2,1H3,(H,23,27)(H,24,30)/t21-/m1/s1. The van der Waals surface area contributed by atoms with Crippen molar-refractivity contribution in [1.82, 2.24) is 10.2 Å². The Morgan fingerprint density at radius 1 is 1.10 bits per heavy atom. The van der Waals surface area contributed by atoms with Gasteiger partial charge in [-0.15, -0.1) is 0 Å². The number of nitrogens with zero attached hydrogens (tertiary/aromatic N) is 2. The number of para-hydroxylation sites is 2. The van der Waals surface area contributed by atoms with Crippen LogP contribution in [0.25, 0.3) is 0 Å². The summed E-state index contributed by atoms with van der Waals surface area (Å²) in [4.78, 5) is 52.8. The van der Waals surface area contributed by atoms with Crippen LogP contribution in [0.2, 0.25) is 0 Å². The van der Waals surface area contributed by atoms with Crippen LogP contribution in [0.1, 0.15) is 18.9 Å². The van der Waals surface area contributed by atoms with Crippen LogP contribution in [0.3, 0.4) is 0 Å². The van der Waals surface area contributed by atoms with Crippen molar-refractivity contribution >= 4 is 35.1 Å². The molecule has 9 heteroatoms. The van der Waals surface area contributed by atoms with E-state index in [9.17, 15) is 23.6 Å². The van der Waals surface area contributed by atoms with Crippen LogP contribution in [-0.2, 0) is 19.9 Å². The molecule has 1 fully saturated rings. The molecule has 2 heterocycles. The Labute approximate surface area is 171 Å². The molecular weight excluding hydrogens is 391 g/mol. The second-order valence-corrected chi connectivity index (χ2v) is 7.13. The molecule has 1 saturated heterocycles. The number of imide groups is 1. The van der Waals surface area contributed by atoms with E-state index in [1.165, 1.54) is 29.2 Å². The van der Waals surface area contributed by atoms with E-state index < -0.39 is 35.7 Å². The minimum atomic E-state index is -1.37. The van der Waals surface area contributed by atoms with Crippen molar-refractivity contribution in [3.05, 3.63) is 59.9 Å². The first-order valence-corrected chi connectivity index (χ1v) is 9.45. The molecule has 4 rings (SSSR count). The zero-order valence-corrected chi connectivity index (χ0v) is 16.1. The van der Waals surface area contributed by atoms with Crippen molar-refractivity contribution in [2.75, 3.05) is 23.3 Å². The maximum absolute atomic E-state index is 13.3. The predicted molar refractivity (Wildman–Crippen MR) is 106 cm³/mol. The van der Waals surface area contributed by atoms with Crippen LogP contribution in [0.15, 0.2) is 48.5 Å². The molecule has 8 nitrogen and oxygen atoms in total. The van der Waals surface area contributed by atoms with Crippen LogP contribution in [0, 0.1) is 5.82 Å². The van der Waals surface area contributed by atoms with Crippen LogP contribution < -0.4 is 15.5 Å². The first-order valence-electron chi connectivity index (χ1n) is 9.45. The molecule has 30 heavy (non-hydrogen) atoms. The van der Waals surface area contributed by atoms with E-state index in [0.717, 1.165) is 4.90 Å². The van der Waals surface area contributed by atoms with Crippen molar-refractivity contribution in [1.29, 1.82) is 0 Å². The number of nitrogens with one attached hydrogen (secondary N) is 2. The fourth-order valence-corrected chi connectivity index (χ4v) is 3.82. The number of amides is 5. The Balaban J connectivity index is 1.60. The maximum Gasteiger partial charge on any atom is 0.325 e. The van der Waals surface area contributed by atoms with Gasteiger partial charge in [-0.2, -0.15) is 0 Å². The summed E-state index contributed by atoms with van der Waals surface area (Å²) < 4.78 is 13.3. The highest BCUT2D eigenvalue weighted by Gasteiger charge is 2.52. The third kappa shape index (κ3) is 3.08. The monoisotopic (exact) mass is 410 g/mol. The summed E-state index contributed by atoms with van der Waals surface area (Å²) in [6, 6.07) is 11.4. The molecule has 0 bridgehead atoms. The van der Waals surface area contributed by atoms with Gasteiger partial charge in [0.15, 0.2) is 0 Å². The molecule has 0 unspecified atom stereocenters. The third-order valence-electron chi connectivity index (χ3n) is 5.41. The number of benzene rings is 2. The van der Waals surface area contributed by atoms with E-state index in [1.807, 2.05) is 0 Å². The molecule has 2 aliphatic rings. The summed E-state index contributed by atoms with van der Waals surface area (Å²) in [7, 11) is 0. The number of anilines is 2. The summed E-state index contributed by atoms with van der Waals surface area (Å²) in [6.45, 7) is 0.990. The second-order valence-electron chi connectivity index (χ2n) is 7.13. The van der Waals surface area contributed by atoms with Gasteiger partial charge in [0.05, 0.1) is 11.4 Å². The number of urea groups is 1. The molecule has 154 valence electrons. The van der Waals surface area contributed by atoms with Crippen LogP contribution in [0.4, 0.5) is 20.6 Å². The van der Waals surface area contributed by atoms with Crippen molar-refractivity contribution in [2.45, 2.75) is 18.9 Å². The van der Waals surface area contributed by atoms with Gasteiger partial charge in [0.2, 0.25) is 11.8 Å². The molecule has 0 aromatic heterocycles. The molecule has 1 atom stereocenters. The average Bonchev–Trinajstić information content (AvgIpc) is 2.98. The smallest absolute Gasteiger partial charge is 0.323 e. The van der Waals surface area contributed by atoms with Crippen molar-refractivity contribution in [3.63, 3.8) is 0 Å². The first kappa shape index (κ1) is 19.6. The van der Waals surface area contributed by atoms with Crippen LogP contribution in [-0.4, -0.2) is 41.7 Å². The van der Waals surface area contributed by atoms with Gasteiger partial charge in [-0.05, 0) is 36.2 Å². The average molecular weight is 410 g/mol. The molecule has 0 aliphatic carbocycles. The van der Waals surface area contributed by atoms with Crippen LogP contribution >= 0.6 is 0 Å². The molecule has 2 aliphatic heterocycles. The Morgan fingerprint density at radius 3 is 2.50 bits per heavy atom. The quantitative estimate of drug-likeness (QED) is 0.753. The molecule has 0 spiro atoms. The SMILES string of the molecule is CC[C@]1(c2ccc(F)cc2)NC(=O)N(CC(=O)N2CC(=O)Nc3ccccc32)C1=O. The lowest BCUT2D eigenvalue weighted by Gasteiger charge is -2.30. The maximum atomic E-state index is 13.3. The van der Waals surface area contributed by atoms with E-state index >= 15 is 0 Å². The number of halogens is 1.